The number of nitrogens with zero attached hydrogens (tertiary/aromatic N) is 2. The number of hydrogen-bond acceptors (Lipinski definition) is 3. The van der Waals surface area contributed by atoms with E-state index in [4.69, 9.17) is 0 Å². The Kier molecular flexibility index (Phi) is 5.72. The van der Waals surface area contributed by atoms with Gasteiger partial charge in [-0.3, -0.25) is 9.88 Å². The van der Waals surface area contributed by atoms with Crippen molar-refractivity contribution in [2.24, 2.45) is 0 Å². The van der Waals surface area contributed by atoms with Crippen molar-refractivity contribution < 1.29 is 4.79 Å². The molecule has 0 fully saturated rings. The van der Waals surface area contributed by atoms with E-state index in [-0.39, 0.29) is 5.78 Å². The van der Waals surface area contributed by atoms with Gasteiger partial charge in [0.15, 0.2) is 0 Å². The Labute approximate surface area is 97.5 Å². The van der Waals surface area contributed by atoms with Crippen molar-refractivity contribution >= 4 is 5.78 Å². The SMILES string of the molecule is CCN(CCCC(C)=O)Cc1ccccn1. The molecule has 0 radical (unpaired) electrons. The number of Topliss-reactive ketones (excluding diaryl/α,β-unsaturated/α-hetero) is 1. The summed E-state index contributed by atoms with van der Waals surface area (Å²) in [6, 6.07) is 5.97. The number of pyridine rings is 1. The number of aromatic nitrogens is 1. The first kappa shape index (κ1) is 12.8. The molecule has 0 aliphatic heterocycles. The lowest BCUT2D eigenvalue weighted by atomic mass is 10.2. The summed E-state index contributed by atoms with van der Waals surface area (Å²) < 4.78 is 0. The van der Waals surface area contributed by atoms with Gasteiger partial charge in [0, 0.05) is 19.2 Å². The first-order valence-electron chi connectivity index (χ1n) is 5.84. The fourth-order valence-corrected chi connectivity index (χ4v) is 1.62. The smallest absolute Gasteiger partial charge is 0.129 e. The molecule has 0 spiro atoms. The van der Waals surface area contributed by atoms with E-state index in [0.717, 1.165) is 31.7 Å². The minimum absolute atomic E-state index is 0.272. The normalized spacial score (nSPS) is 10.7. The van der Waals surface area contributed by atoms with Gasteiger partial charge >= 0.3 is 0 Å². The van der Waals surface area contributed by atoms with E-state index in [1.807, 2.05) is 24.4 Å². The maximum Gasteiger partial charge on any atom is 0.129 e. The quantitative estimate of drug-likeness (QED) is 0.706. The Morgan fingerprint density at radius 1 is 1.44 bits per heavy atom. The molecule has 1 aromatic rings. The summed E-state index contributed by atoms with van der Waals surface area (Å²) in [5, 5.41) is 0. The molecule has 0 aliphatic rings. The topological polar surface area (TPSA) is 33.2 Å². The second kappa shape index (κ2) is 7.12. The minimum atomic E-state index is 0.272. The second-order valence-corrected chi connectivity index (χ2v) is 4.00. The number of carbonyl (C=O) groups excluding carboxylic acids is 1. The third-order valence-electron chi connectivity index (χ3n) is 2.56. The number of rotatable bonds is 7. The average Bonchev–Trinajstić information content (AvgIpc) is 2.28. The summed E-state index contributed by atoms with van der Waals surface area (Å²) in [7, 11) is 0. The van der Waals surface area contributed by atoms with E-state index in [0.29, 0.717) is 6.42 Å². The number of ketones is 1. The van der Waals surface area contributed by atoms with Crippen LogP contribution in [-0.4, -0.2) is 28.8 Å². The molecule has 1 rings (SSSR count). The first-order valence-corrected chi connectivity index (χ1v) is 5.84. The van der Waals surface area contributed by atoms with Gasteiger partial charge < -0.3 is 4.79 Å². The third kappa shape index (κ3) is 5.03. The maximum absolute atomic E-state index is 10.8. The van der Waals surface area contributed by atoms with Crippen molar-refractivity contribution in [3.05, 3.63) is 30.1 Å². The molecule has 0 aromatic carbocycles. The summed E-state index contributed by atoms with van der Waals surface area (Å²) in [5.74, 6) is 0.272. The predicted molar refractivity (Wildman–Crippen MR) is 65.1 cm³/mol. The van der Waals surface area contributed by atoms with Crippen LogP contribution in [0.2, 0.25) is 0 Å². The fraction of sp³-hybridized carbons (Fsp3) is 0.538. The van der Waals surface area contributed by atoms with E-state index in [9.17, 15) is 4.79 Å². The van der Waals surface area contributed by atoms with Gasteiger partial charge in [-0.15, -0.1) is 0 Å². The van der Waals surface area contributed by atoms with Crippen molar-refractivity contribution in [2.75, 3.05) is 13.1 Å². The summed E-state index contributed by atoms with van der Waals surface area (Å²) in [6.07, 6.45) is 3.44. The van der Waals surface area contributed by atoms with Gasteiger partial charge in [0.05, 0.1) is 5.69 Å². The van der Waals surface area contributed by atoms with Crippen LogP contribution in [-0.2, 0) is 11.3 Å². The van der Waals surface area contributed by atoms with Crippen LogP contribution < -0.4 is 0 Å². The molecular weight excluding hydrogens is 200 g/mol. The van der Waals surface area contributed by atoms with Crippen LogP contribution in [0.25, 0.3) is 0 Å². The monoisotopic (exact) mass is 220 g/mol. The van der Waals surface area contributed by atoms with Crippen LogP contribution in [0.15, 0.2) is 24.4 Å². The predicted octanol–water partition coefficient (Wildman–Crippen LogP) is 2.27. The van der Waals surface area contributed by atoms with Gasteiger partial charge in [-0.05, 0) is 38.6 Å². The zero-order chi connectivity index (χ0) is 11.8. The molecule has 0 saturated heterocycles. The lowest BCUT2D eigenvalue weighted by molar-refractivity contribution is -0.117. The molecular formula is C13H20N2O. The van der Waals surface area contributed by atoms with Gasteiger partial charge in [-0.1, -0.05) is 13.0 Å². The molecule has 0 bridgehead atoms. The number of hydrogen-bond donors (Lipinski definition) is 0. The largest absolute Gasteiger partial charge is 0.300 e. The zero-order valence-electron chi connectivity index (χ0n) is 10.1. The summed E-state index contributed by atoms with van der Waals surface area (Å²) >= 11 is 0. The van der Waals surface area contributed by atoms with E-state index < -0.39 is 0 Å². The van der Waals surface area contributed by atoms with Gasteiger partial charge in [-0.2, -0.15) is 0 Å². The van der Waals surface area contributed by atoms with Crippen LogP contribution in [0.1, 0.15) is 32.4 Å². The molecule has 0 aliphatic carbocycles. The first-order chi connectivity index (χ1) is 7.72. The standard InChI is InChI=1S/C13H20N2O/c1-3-15(10-6-7-12(2)16)11-13-8-4-5-9-14-13/h4-5,8-9H,3,6-7,10-11H2,1-2H3. The fourth-order valence-electron chi connectivity index (χ4n) is 1.62. The van der Waals surface area contributed by atoms with E-state index in [1.165, 1.54) is 0 Å². The Morgan fingerprint density at radius 3 is 2.81 bits per heavy atom. The van der Waals surface area contributed by atoms with Crippen LogP contribution in [0.3, 0.4) is 0 Å². The van der Waals surface area contributed by atoms with Crippen LogP contribution in [0.4, 0.5) is 0 Å². The van der Waals surface area contributed by atoms with Gasteiger partial charge in [0.2, 0.25) is 0 Å². The Hall–Kier alpha value is -1.22. The van der Waals surface area contributed by atoms with Gasteiger partial charge in [0.1, 0.15) is 5.78 Å². The molecule has 0 saturated carbocycles. The molecule has 3 heteroatoms. The number of carbonyl (C=O) groups is 1. The molecule has 1 heterocycles. The van der Waals surface area contributed by atoms with Crippen molar-refractivity contribution in [1.82, 2.24) is 9.88 Å². The van der Waals surface area contributed by atoms with Crippen molar-refractivity contribution in [3.63, 3.8) is 0 Å². The lowest BCUT2D eigenvalue weighted by Crippen LogP contribution is -2.24. The summed E-state index contributed by atoms with van der Waals surface area (Å²) in [4.78, 5) is 17.5. The summed E-state index contributed by atoms with van der Waals surface area (Å²) in [5.41, 5.74) is 1.09. The Balaban J connectivity index is 2.34. The van der Waals surface area contributed by atoms with Crippen LogP contribution >= 0.6 is 0 Å². The van der Waals surface area contributed by atoms with E-state index in [2.05, 4.69) is 16.8 Å². The van der Waals surface area contributed by atoms with E-state index in [1.54, 1.807) is 6.92 Å². The van der Waals surface area contributed by atoms with Crippen molar-refractivity contribution in [2.45, 2.75) is 33.2 Å². The van der Waals surface area contributed by atoms with Crippen LogP contribution in [0.5, 0.6) is 0 Å². The van der Waals surface area contributed by atoms with Crippen molar-refractivity contribution in [1.29, 1.82) is 0 Å². The highest BCUT2D eigenvalue weighted by Crippen LogP contribution is 2.03. The van der Waals surface area contributed by atoms with Gasteiger partial charge in [-0.25, -0.2) is 0 Å². The third-order valence-corrected chi connectivity index (χ3v) is 2.56. The van der Waals surface area contributed by atoms with Crippen LogP contribution in [0, 0.1) is 0 Å². The molecule has 0 amide bonds. The molecule has 0 atom stereocenters. The molecule has 1 aromatic heterocycles. The van der Waals surface area contributed by atoms with Crippen molar-refractivity contribution in [3.8, 4) is 0 Å². The molecule has 0 N–H and O–H groups in total. The Bertz CT molecular complexity index is 311. The lowest BCUT2D eigenvalue weighted by Gasteiger charge is -2.19. The van der Waals surface area contributed by atoms with Gasteiger partial charge in [0.25, 0.3) is 0 Å². The highest BCUT2D eigenvalue weighted by atomic mass is 16.1. The Morgan fingerprint density at radius 2 is 2.25 bits per heavy atom. The maximum atomic E-state index is 10.8. The van der Waals surface area contributed by atoms with E-state index >= 15 is 0 Å². The molecule has 0 unspecified atom stereocenters. The summed E-state index contributed by atoms with van der Waals surface area (Å²) in [6.45, 7) is 6.61. The average molecular weight is 220 g/mol. The molecule has 88 valence electrons. The zero-order valence-corrected chi connectivity index (χ0v) is 10.1. The molecule has 16 heavy (non-hydrogen) atoms. The molecule has 3 nitrogen and oxygen atoms in total. The highest BCUT2D eigenvalue weighted by Gasteiger charge is 2.04. The highest BCUT2D eigenvalue weighted by molar-refractivity contribution is 5.75. The second-order valence-electron chi connectivity index (χ2n) is 4.00. The minimum Gasteiger partial charge on any atom is -0.300 e.